The number of aryl methyl sites for hydroxylation is 1. The Labute approximate surface area is 219 Å². The highest BCUT2D eigenvalue weighted by molar-refractivity contribution is 6.08. The maximum absolute atomic E-state index is 13.7. The summed E-state index contributed by atoms with van der Waals surface area (Å²) in [5.74, 6) is -1.20. The first-order valence-corrected chi connectivity index (χ1v) is 12.4. The molecule has 0 saturated heterocycles. The number of carbonyl (C=O) groups excluding carboxylic acids is 2. The summed E-state index contributed by atoms with van der Waals surface area (Å²) in [4.78, 5) is 44.7. The van der Waals surface area contributed by atoms with E-state index in [9.17, 15) is 14.4 Å². The van der Waals surface area contributed by atoms with Crippen LogP contribution in [0.15, 0.2) is 89.7 Å². The van der Waals surface area contributed by atoms with Crippen molar-refractivity contribution in [3.05, 3.63) is 107 Å². The fraction of sp³-hybridized carbons (Fsp3) is 0.161. The van der Waals surface area contributed by atoms with Gasteiger partial charge in [-0.2, -0.15) is 0 Å². The largest absolute Gasteiger partial charge is 0.448 e. The number of hydrogen-bond acceptors (Lipinski definition) is 5. The van der Waals surface area contributed by atoms with E-state index < -0.39 is 18.0 Å². The van der Waals surface area contributed by atoms with Gasteiger partial charge in [-0.25, -0.2) is 4.79 Å². The minimum atomic E-state index is -1.07. The van der Waals surface area contributed by atoms with Crippen LogP contribution < -0.4 is 10.9 Å². The van der Waals surface area contributed by atoms with Gasteiger partial charge in [0.25, 0.3) is 11.5 Å². The van der Waals surface area contributed by atoms with Crippen molar-refractivity contribution in [2.45, 2.75) is 26.4 Å². The van der Waals surface area contributed by atoms with Crippen molar-refractivity contribution < 1.29 is 14.3 Å². The average molecular weight is 506 g/mol. The number of anilines is 1. The molecule has 2 heterocycles. The zero-order valence-corrected chi connectivity index (χ0v) is 21.4. The number of nitrogens with zero attached hydrogens (tertiary/aromatic N) is 2. The van der Waals surface area contributed by atoms with Crippen LogP contribution in [0.1, 0.15) is 29.5 Å². The molecule has 1 atom stereocenters. The summed E-state index contributed by atoms with van der Waals surface area (Å²) in [6.45, 7) is 3.62. The molecule has 3 aromatic carbocycles. The molecule has 0 radical (unpaired) electrons. The molecule has 0 aliphatic heterocycles. The highest BCUT2D eigenvalue weighted by atomic mass is 16.5. The van der Waals surface area contributed by atoms with Gasteiger partial charge in [0.1, 0.15) is 5.69 Å². The first-order valence-electron chi connectivity index (χ1n) is 12.4. The molecule has 5 aromatic rings. The Hall–Kier alpha value is -4.78. The van der Waals surface area contributed by atoms with E-state index in [4.69, 9.17) is 4.74 Å². The van der Waals surface area contributed by atoms with Gasteiger partial charge in [0.15, 0.2) is 6.10 Å². The molecular weight excluding hydrogens is 478 g/mol. The predicted molar refractivity (Wildman–Crippen MR) is 149 cm³/mol. The summed E-state index contributed by atoms with van der Waals surface area (Å²) >= 11 is 0. The van der Waals surface area contributed by atoms with E-state index in [0.29, 0.717) is 22.0 Å². The summed E-state index contributed by atoms with van der Waals surface area (Å²) in [6.07, 6.45) is -0.818. The van der Waals surface area contributed by atoms with Crippen molar-refractivity contribution in [3.63, 3.8) is 0 Å². The maximum Gasteiger partial charge on any atom is 0.356 e. The van der Waals surface area contributed by atoms with Gasteiger partial charge in [0.2, 0.25) is 0 Å². The molecule has 7 nitrogen and oxygen atoms in total. The third-order valence-corrected chi connectivity index (χ3v) is 6.57. The van der Waals surface area contributed by atoms with Crippen LogP contribution in [0.5, 0.6) is 0 Å². The van der Waals surface area contributed by atoms with Gasteiger partial charge in [0.05, 0.1) is 11.2 Å². The normalized spacial score (nSPS) is 11.9. The topological polar surface area (TPSA) is 90.3 Å². The number of fused-ring (bicyclic) bond motifs is 2. The molecule has 190 valence electrons. The van der Waals surface area contributed by atoms with Gasteiger partial charge in [-0.15, -0.1) is 0 Å². The quantitative estimate of drug-likeness (QED) is 0.302. The van der Waals surface area contributed by atoms with Crippen molar-refractivity contribution >= 4 is 39.2 Å². The van der Waals surface area contributed by atoms with Crippen molar-refractivity contribution in [1.29, 1.82) is 0 Å². The Balaban J connectivity index is 1.53. The molecule has 0 aliphatic carbocycles. The van der Waals surface area contributed by atoms with E-state index in [1.54, 1.807) is 32.2 Å². The molecule has 1 amide bonds. The van der Waals surface area contributed by atoms with Gasteiger partial charge >= 0.3 is 5.97 Å². The van der Waals surface area contributed by atoms with Gasteiger partial charge in [-0.1, -0.05) is 73.7 Å². The Morgan fingerprint density at radius 3 is 2.26 bits per heavy atom. The van der Waals surface area contributed by atoms with Crippen molar-refractivity contribution in [2.75, 3.05) is 5.32 Å². The maximum atomic E-state index is 13.7. The molecule has 1 N–H and O–H groups in total. The second-order valence-corrected chi connectivity index (χ2v) is 9.12. The molecule has 0 spiro atoms. The summed E-state index contributed by atoms with van der Waals surface area (Å²) in [6, 6.07) is 25.8. The number of aromatic nitrogens is 2. The van der Waals surface area contributed by atoms with E-state index in [0.717, 1.165) is 22.2 Å². The van der Waals surface area contributed by atoms with Gasteiger partial charge in [-0.3, -0.25) is 14.6 Å². The minimum absolute atomic E-state index is 0.0938. The Bertz CT molecular complexity index is 1740. The number of ether oxygens (including phenoxy) is 1. The SMILES string of the molecule is CCC(OC(=O)c1c(-c2ccccc2)c2ccccc2c(=O)n1C)C(=O)Nc1cc(C)nc2ccccc12. The molecule has 0 bridgehead atoms. The van der Waals surface area contributed by atoms with Crippen LogP contribution in [0.3, 0.4) is 0 Å². The fourth-order valence-electron chi connectivity index (χ4n) is 4.73. The van der Waals surface area contributed by atoms with Crippen molar-refractivity contribution in [1.82, 2.24) is 9.55 Å². The van der Waals surface area contributed by atoms with E-state index in [1.165, 1.54) is 4.57 Å². The molecule has 7 heteroatoms. The van der Waals surface area contributed by atoms with E-state index in [2.05, 4.69) is 10.3 Å². The third-order valence-electron chi connectivity index (χ3n) is 6.57. The summed E-state index contributed by atoms with van der Waals surface area (Å²) < 4.78 is 7.09. The fourth-order valence-corrected chi connectivity index (χ4v) is 4.73. The number of pyridine rings is 2. The first-order chi connectivity index (χ1) is 18.4. The van der Waals surface area contributed by atoms with Crippen LogP contribution in [-0.4, -0.2) is 27.5 Å². The lowest BCUT2D eigenvalue weighted by Crippen LogP contribution is -2.34. The number of esters is 1. The van der Waals surface area contributed by atoms with Crippen molar-refractivity contribution in [2.24, 2.45) is 7.05 Å². The molecule has 5 rings (SSSR count). The average Bonchev–Trinajstić information content (AvgIpc) is 2.93. The molecule has 0 fully saturated rings. The Kier molecular flexibility index (Phi) is 6.75. The Morgan fingerprint density at radius 1 is 0.921 bits per heavy atom. The predicted octanol–water partition coefficient (Wildman–Crippen LogP) is 5.64. The number of nitrogens with one attached hydrogen (secondary N) is 1. The first kappa shape index (κ1) is 24.9. The van der Waals surface area contributed by atoms with Crippen LogP contribution in [-0.2, 0) is 16.6 Å². The van der Waals surface area contributed by atoms with Gasteiger partial charge in [-0.05, 0) is 42.5 Å². The summed E-state index contributed by atoms with van der Waals surface area (Å²) in [5, 5.41) is 4.84. The highest BCUT2D eigenvalue weighted by Crippen LogP contribution is 2.31. The Morgan fingerprint density at radius 2 is 1.55 bits per heavy atom. The van der Waals surface area contributed by atoms with Crippen LogP contribution >= 0.6 is 0 Å². The lowest BCUT2D eigenvalue weighted by atomic mass is 9.97. The van der Waals surface area contributed by atoms with E-state index >= 15 is 0 Å². The number of para-hydroxylation sites is 1. The summed E-state index contributed by atoms with van der Waals surface area (Å²) in [7, 11) is 1.55. The minimum Gasteiger partial charge on any atom is -0.448 e. The van der Waals surface area contributed by atoms with Gasteiger partial charge in [0, 0.05) is 29.1 Å². The molecule has 2 aromatic heterocycles. The lowest BCUT2D eigenvalue weighted by molar-refractivity contribution is -0.124. The van der Waals surface area contributed by atoms with Gasteiger partial charge < -0.3 is 14.6 Å². The molecule has 38 heavy (non-hydrogen) atoms. The smallest absolute Gasteiger partial charge is 0.356 e. The molecule has 0 aliphatic rings. The van der Waals surface area contributed by atoms with Crippen LogP contribution in [0, 0.1) is 6.92 Å². The second kappa shape index (κ2) is 10.3. The molecule has 1 unspecified atom stereocenters. The van der Waals surface area contributed by atoms with Crippen LogP contribution in [0.25, 0.3) is 32.8 Å². The molecule has 0 saturated carbocycles. The van der Waals surface area contributed by atoms with Crippen LogP contribution in [0.2, 0.25) is 0 Å². The third kappa shape index (κ3) is 4.54. The van der Waals surface area contributed by atoms with Crippen LogP contribution in [0.4, 0.5) is 5.69 Å². The molecular formula is C31H27N3O4. The van der Waals surface area contributed by atoms with E-state index in [-0.39, 0.29) is 17.7 Å². The zero-order valence-electron chi connectivity index (χ0n) is 21.4. The van der Waals surface area contributed by atoms with E-state index in [1.807, 2.05) is 73.7 Å². The monoisotopic (exact) mass is 505 g/mol. The number of amides is 1. The second-order valence-electron chi connectivity index (χ2n) is 9.12. The van der Waals surface area contributed by atoms with Crippen molar-refractivity contribution in [3.8, 4) is 11.1 Å². The number of carbonyl (C=O) groups is 2. The number of benzene rings is 3. The number of hydrogen-bond donors (Lipinski definition) is 1. The highest BCUT2D eigenvalue weighted by Gasteiger charge is 2.28. The number of rotatable bonds is 6. The summed E-state index contributed by atoms with van der Waals surface area (Å²) in [5.41, 5.74) is 3.23. The lowest BCUT2D eigenvalue weighted by Gasteiger charge is -2.20. The standard InChI is InChI=1S/C31H27N3O4/c1-4-26(29(35)33-25-18-19(2)32-24-17-11-10-16-23(24)25)38-31(37)28-27(20-12-6-5-7-13-20)21-14-8-9-15-22(21)30(36)34(28)3/h5-18,26H,4H2,1-3H3,(H,32,33,35). The zero-order chi connectivity index (χ0) is 26.8.